The highest BCUT2D eigenvalue weighted by molar-refractivity contribution is 5.83. The number of para-hydroxylation sites is 2. The second-order valence-corrected chi connectivity index (χ2v) is 6.92. The highest BCUT2D eigenvalue weighted by atomic mass is 19.4. The van der Waals surface area contributed by atoms with Crippen LogP contribution in [0, 0.1) is 0 Å². The number of esters is 1. The van der Waals surface area contributed by atoms with E-state index >= 15 is 0 Å². The van der Waals surface area contributed by atoms with Gasteiger partial charge in [0, 0.05) is 6.54 Å². The number of hydrogen-bond donors (Lipinski definition) is 0. The van der Waals surface area contributed by atoms with Crippen LogP contribution in [0.1, 0.15) is 18.1 Å². The summed E-state index contributed by atoms with van der Waals surface area (Å²) in [4.78, 5) is 42.6. The molecule has 7 nitrogen and oxygen atoms in total. The van der Waals surface area contributed by atoms with E-state index in [0.29, 0.717) is 16.6 Å². The second kappa shape index (κ2) is 9.63. The Morgan fingerprint density at radius 2 is 1.78 bits per heavy atom. The van der Waals surface area contributed by atoms with Crippen molar-refractivity contribution >= 4 is 22.9 Å². The van der Waals surface area contributed by atoms with Crippen molar-refractivity contribution in [3.8, 4) is 0 Å². The molecule has 2 aromatic carbocycles. The largest absolute Gasteiger partial charge is 0.465 e. The van der Waals surface area contributed by atoms with E-state index in [1.165, 1.54) is 16.7 Å². The molecule has 1 aromatic heterocycles. The lowest BCUT2D eigenvalue weighted by molar-refractivity contribution is -0.149. The molecule has 0 spiro atoms. The van der Waals surface area contributed by atoms with E-state index in [4.69, 9.17) is 4.74 Å². The summed E-state index contributed by atoms with van der Waals surface area (Å²) in [5, 5.41) is 0. The van der Waals surface area contributed by atoms with E-state index < -0.39 is 35.7 Å². The van der Waals surface area contributed by atoms with Gasteiger partial charge in [0.1, 0.15) is 13.1 Å². The summed E-state index contributed by atoms with van der Waals surface area (Å²) in [5.74, 6) is -1.24. The van der Waals surface area contributed by atoms with E-state index in [-0.39, 0.29) is 19.7 Å². The number of carbonyl (C=O) groups is 2. The van der Waals surface area contributed by atoms with Crippen molar-refractivity contribution in [3.05, 3.63) is 76.2 Å². The van der Waals surface area contributed by atoms with Crippen molar-refractivity contribution in [2.24, 2.45) is 0 Å². The van der Waals surface area contributed by atoms with Gasteiger partial charge in [0.05, 0.1) is 29.4 Å². The SMILES string of the molecule is CCOC(=O)CN(Cc1ccc(C(F)(F)F)cc1)C(=O)Cn1c(=O)cnc2ccccc21. The molecule has 3 rings (SSSR count). The molecular formula is C22H20F3N3O4. The molecule has 0 unspecified atom stereocenters. The summed E-state index contributed by atoms with van der Waals surface area (Å²) in [7, 11) is 0. The van der Waals surface area contributed by atoms with Crippen molar-refractivity contribution in [1.82, 2.24) is 14.5 Å². The monoisotopic (exact) mass is 447 g/mol. The zero-order valence-corrected chi connectivity index (χ0v) is 17.1. The molecule has 3 aromatic rings. The molecule has 0 bridgehead atoms. The average Bonchev–Trinajstić information content (AvgIpc) is 2.75. The Bertz CT molecular complexity index is 1170. The lowest BCUT2D eigenvalue weighted by atomic mass is 10.1. The van der Waals surface area contributed by atoms with Crippen LogP contribution in [0.15, 0.2) is 59.5 Å². The fraction of sp³-hybridized carbons (Fsp3) is 0.273. The van der Waals surface area contributed by atoms with Gasteiger partial charge in [0.25, 0.3) is 5.56 Å². The van der Waals surface area contributed by atoms with Gasteiger partial charge in [-0.15, -0.1) is 0 Å². The maximum absolute atomic E-state index is 13.0. The van der Waals surface area contributed by atoms with Gasteiger partial charge in [-0.05, 0) is 36.8 Å². The minimum atomic E-state index is -4.48. The highest BCUT2D eigenvalue weighted by Crippen LogP contribution is 2.29. The quantitative estimate of drug-likeness (QED) is 0.520. The van der Waals surface area contributed by atoms with Crippen LogP contribution in [0.5, 0.6) is 0 Å². The van der Waals surface area contributed by atoms with Crippen LogP contribution in [-0.2, 0) is 33.6 Å². The van der Waals surface area contributed by atoms with Crippen molar-refractivity contribution in [2.75, 3.05) is 13.2 Å². The van der Waals surface area contributed by atoms with Crippen LogP contribution >= 0.6 is 0 Å². The molecule has 0 fully saturated rings. The van der Waals surface area contributed by atoms with Crippen LogP contribution in [0.25, 0.3) is 11.0 Å². The van der Waals surface area contributed by atoms with Crippen LogP contribution in [0.2, 0.25) is 0 Å². The zero-order valence-electron chi connectivity index (χ0n) is 17.1. The molecular weight excluding hydrogens is 427 g/mol. The summed E-state index contributed by atoms with van der Waals surface area (Å²) in [5.41, 5.74) is 0.0307. The molecule has 10 heteroatoms. The number of amides is 1. The van der Waals surface area contributed by atoms with Gasteiger partial charge in [0.2, 0.25) is 5.91 Å². The number of benzene rings is 2. The van der Waals surface area contributed by atoms with E-state index in [1.54, 1.807) is 31.2 Å². The van der Waals surface area contributed by atoms with Crippen LogP contribution in [0.3, 0.4) is 0 Å². The van der Waals surface area contributed by atoms with Gasteiger partial charge in [-0.25, -0.2) is 4.98 Å². The minimum absolute atomic E-state index is 0.107. The fourth-order valence-corrected chi connectivity index (χ4v) is 3.13. The Morgan fingerprint density at radius 3 is 2.44 bits per heavy atom. The first-order chi connectivity index (χ1) is 15.2. The third-order valence-corrected chi connectivity index (χ3v) is 4.68. The molecule has 168 valence electrons. The van der Waals surface area contributed by atoms with Crippen molar-refractivity contribution in [3.63, 3.8) is 0 Å². The Hall–Kier alpha value is -3.69. The number of rotatable bonds is 7. The van der Waals surface area contributed by atoms with Gasteiger partial charge in [-0.3, -0.25) is 19.0 Å². The summed E-state index contributed by atoms with van der Waals surface area (Å²) in [6, 6.07) is 11.1. The molecule has 0 aliphatic heterocycles. The Morgan fingerprint density at radius 1 is 1.09 bits per heavy atom. The second-order valence-electron chi connectivity index (χ2n) is 6.92. The Labute approximate surface area is 181 Å². The van der Waals surface area contributed by atoms with E-state index in [9.17, 15) is 27.6 Å². The molecule has 0 saturated heterocycles. The fourth-order valence-electron chi connectivity index (χ4n) is 3.13. The summed E-state index contributed by atoms with van der Waals surface area (Å²) >= 11 is 0. The highest BCUT2D eigenvalue weighted by Gasteiger charge is 2.30. The van der Waals surface area contributed by atoms with Crippen LogP contribution in [-0.4, -0.2) is 39.5 Å². The van der Waals surface area contributed by atoms with Gasteiger partial charge in [-0.1, -0.05) is 24.3 Å². The molecule has 32 heavy (non-hydrogen) atoms. The molecule has 0 N–H and O–H groups in total. The molecule has 0 radical (unpaired) electrons. The minimum Gasteiger partial charge on any atom is -0.465 e. The van der Waals surface area contributed by atoms with Crippen molar-refractivity contribution in [1.29, 1.82) is 0 Å². The number of aromatic nitrogens is 2. The first-order valence-electron chi connectivity index (χ1n) is 9.73. The number of ether oxygens (including phenoxy) is 1. The van der Waals surface area contributed by atoms with Crippen molar-refractivity contribution in [2.45, 2.75) is 26.2 Å². The van der Waals surface area contributed by atoms with Crippen LogP contribution in [0.4, 0.5) is 13.2 Å². The molecule has 0 aliphatic rings. The van der Waals surface area contributed by atoms with Crippen LogP contribution < -0.4 is 5.56 Å². The number of hydrogen-bond acceptors (Lipinski definition) is 5. The number of nitrogens with zero attached hydrogens (tertiary/aromatic N) is 3. The molecule has 1 heterocycles. The van der Waals surface area contributed by atoms with Crippen molar-refractivity contribution < 1.29 is 27.5 Å². The number of carbonyl (C=O) groups excluding carboxylic acids is 2. The lowest BCUT2D eigenvalue weighted by Gasteiger charge is -2.23. The topological polar surface area (TPSA) is 81.5 Å². The number of alkyl halides is 3. The maximum Gasteiger partial charge on any atom is 0.416 e. The van der Waals surface area contributed by atoms with E-state index in [0.717, 1.165) is 23.2 Å². The van der Waals surface area contributed by atoms with E-state index in [2.05, 4.69) is 4.98 Å². The summed E-state index contributed by atoms with van der Waals surface area (Å²) in [6.07, 6.45) is -3.39. The number of fused-ring (bicyclic) bond motifs is 1. The first kappa shape index (κ1) is 23.0. The third-order valence-electron chi connectivity index (χ3n) is 4.68. The standard InChI is InChI=1S/C22H20F3N3O4/c1-2-32-21(31)14-27(12-15-7-9-16(10-8-15)22(23,24)25)20(30)13-28-18-6-4-3-5-17(18)26-11-19(28)29/h3-11H,2,12-14H2,1H3. The average molecular weight is 447 g/mol. The summed E-state index contributed by atoms with van der Waals surface area (Å²) in [6.45, 7) is 0.805. The Balaban J connectivity index is 1.87. The Kier molecular flexibility index (Phi) is 6.92. The lowest BCUT2D eigenvalue weighted by Crippen LogP contribution is -2.39. The predicted molar refractivity (Wildman–Crippen MR) is 109 cm³/mol. The first-order valence-corrected chi connectivity index (χ1v) is 9.73. The van der Waals surface area contributed by atoms with E-state index in [1.807, 2.05) is 0 Å². The van der Waals surface area contributed by atoms with Gasteiger partial charge in [0.15, 0.2) is 0 Å². The predicted octanol–water partition coefficient (Wildman–Crippen LogP) is 3.01. The molecule has 0 atom stereocenters. The zero-order chi connectivity index (χ0) is 23.3. The summed E-state index contributed by atoms with van der Waals surface area (Å²) < 4.78 is 44.6. The maximum atomic E-state index is 13.0. The van der Waals surface area contributed by atoms with Gasteiger partial charge < -0.3 is 9.64 Å². The molecule has 0 aliphatic carbocycles. The van der Waals surface area contributed by atoms with Gasteiger partial charge >= 0.3 is 12.1 Å². The third kappa shape index (κ3) is 5.51. The molecule has 1 amide bonds. The smallest absolute Gasteiger partial charge is 0.416 e. The number of halogens is 3. The normalized spacial score (nSPS) is 11.4. The molecule has 0 saturated carbocycles. The van der Waals surface area contributed by atoms with Gasteiger partial charge in [-0.2, -0.15) is 13.2 Å².